The highest BCUT2D eigenvalue weighted by Gasteiger charge is 2.39. The highest BCUT2D eigenvalue weighted by Crippen LogP contribution is 2.32. The van der Waals surface area contributed by atoms with Gasteiger partial charge in [-0.15, -0.1) is 0 Å². The summed E-state index contributed by atoms with van der Waals surface area (Å²) >= 11 is 0. The number of hydrogen-bond donors (Lipinski definition) is 1. The van der Waals surface area contributed by atoms with Crippen LogP contribution in [0, 0.1) is 6.92 Å². The summed E-state index contributed by atoms with van der Waals surface area (Å²) in [5.74, 6) is 0.868. The molecule has 1 fully saturated rings. The monoisotopic (exact) mass is 347 g/mol. The molecule has 1 aromatic carbocycles. The first-order chi connectivity index (χ1) is 12.0. The van der Waals surface area contributed by atoms with Gasteiger partial charge in [0, 0.05) is 12.3 Å². The van der Waals surface area contributed by atoms with Crippen LogP contribution in [0.3, 0.4) is 0 Å². The first-order valence-corrected chi connectivity index (χ1v) is 9.73. The van der Waals surface area contributed by atoms with E-state index in [0.29, 0.717) is 6.61 Å². The summed E-state index contributed by atoms with van der Waals surface area (Å²) in [4.78, 5) is 13.0. The number of amides is 1. The second kappa shape index (κ2) is 9.23. The molecule has 4 heteroatoms. The third-order valence-electron chi connectivity index (χ3n) is 5.08. The summed E-state index contributed by atoms with van der Waals surface area (Å²) in [6.45, 7) is 8.71. The molecule has 1 atom stereocenters. The van der Waals surface area contributed by atoms with Crippen LogP contribution in [-0.4, -0.2) is 24.2 Å². The van der Waals surface area contributed by atoms with Crippen molar-refractivity contribution in [1.29, 1.82) is 0 Å². The quantitative estimate of drug-likeness (QED) is 0.686. The predicted octanol–water partition coefficient (Wildman–Crippen LogP) is 5.24. The van der Waals surface area contributed by atoms with Gasteiger partial charge in [-0.05, 0) is 63.8 Å². The minimum atomic E-state index is -0.676. The van der Waals surface area contributed by atoms with E-state index < -0.39 is 5.60 Å². The Morgan fingerprint density at radius 2 is 1.88 bits per heavy atom. The van der Waals surface area contributed by atoms with E-state index in [4.69, 9.17) is 9.47 Å². The molecule has 0 radical (unpaired) electrons. The lowest BCUT2D eigenvalue weighted by Crippen LogP contribution is -2.45. The molecule has 0 spiro atoms. The Morgan fingerprint density at radius 1 is 1.20 bits per heavy atom. The smallest absolute Gasteiger partial charge is 0.256 e. The minimum Gasteiger partial charge on any atom is -0.490 e. The van der Waals surface area contributed by atoms with Gasteiger partial charge >= 0.3 is 0 Å². The second-order valence-corrected chi connectivity index (χ2v) is 7.11. The topological polar surface area (TPSA) is 47.6 Å². The van der Waals surface area contributed by atoms with Crippen LogP contribution in [0.1, 0.15) is 71.3 Å². The number of rotatable bonds is 7. The van der Waals surface area contributed by atoms with Crippen LogP contribution in [0.4, 0.5) is 5.69 Å². The number of anilines is 1. The van der Waals surface area contributed by atoms with Crippen molar-refractivity contribution in [2.24, 2.45) is 0 Å². The maximum Gasteiger partial charge on any atom is 0.256 e. The molecule has 0 bridgehead atoms. The van der Waals surface area contributed by atoms with Crippen molar-refractivity contribution >= 4 is 11.6 Å². The molecule has 25 heavy (non-hydrogen) atoms. The number of ether oxygens (including phenoxy) is 2. The van der Waals surface area contributed by atoms with E-state index in [1.165, 1.54) is 12.8 Å². The van der Waals surface area contributed by atoms with Gasteiger partial charge in [-0.25, -0.2) is 0 Å². The Kier molecular flexibility index (Phi) is 7.30. The fourth-order valence-corrected chi connectivity index (χ4v) is 3.42. The van der Waals surface area contributed by atoms with Crippen molar-refractivity contribution < 1.29 is 14.3 Å². The van der Waals surface area contributed by atoms with Crippen molar-refractivity contribution in [3.05, 3.63) is 23.8 Å². The van der Waals surface area contributed by atoms with Crippen molar-refractivity contribution in [1.82, 2.24) is 0 Å². The van der Waals surface area contributed by atoms with Gasteiger partial charge in [0.15, 0.2) is 0 Å². The van der Waals surface area contributed by atoms with E-state index in [-0.39, 0.29) is 12.0 Å². The van der Waals surface area contributed by atoms with Crippen LogP contribution in [0.15, 0.2) is 18.2 Å². The van der Waals surface area contributed by atoms with Crippen LogP contribution < -0.4 is 10.1 Å². The van der Waals surface area contributed by atoms with Gasteiger partial charge in [-0.2, -0.15) is 0 Å². The highest BCUT2D eigenvalue weighted by molar-refractivity contribution is 5.97. The Balaban J connectivity index is 2.11. The van der Waals surface area contributed by atoms with Gasteiger partial charge in [0.1, 0.15) is 11.4 Å². The third kappa shape index (κ3) is 5.21. The molecule has 4 nitrogen and oxygen atoms in total. The number of nitrogens with one attached hydrogen (secondary N) is 1. The second-order valence-electron chi connectivity index (χ2n) is 7.11. The van der Waals surface area contributed by atoms with Crippen molar-refractivity contribution in [2.45, 2.75) is 84.3 Å². The summed E-state index contributed by atoms with van der Waals surface area (Å²) in [6.07, 6.45) is 7.23. The fraction of sp³-hybridized carbons (Fsp3) is 0.667. The molecule has 1 unspecified atom stereocenters. The molecule has 0 aromatic heterocycles. The first kappa shape index (κ1) is 19.8. The molecular weight excluding hydrogens is 314 g/mol. The number of aryl methyl sites for hydroxylation is 1. The van der Waals surface area contributed by atoms with E-state index in [9.17, 15) is 4.79 Å². The molecule has 0 saturated heterocycles. The SMILES string of the molecule is CCOC1(C(=O)Nc2ccc(OC(C)CC)c(C)c2)CCCCCC1. The Bertz CT molecular complexity index is 562. The summed E-state index contributed by atoms with van der Waals surface area (Å²) in [5.41, 5.74) is 1.16. The summed E-state index contributed by atoms with van der Waals surface area (Å²) < 4.78 is 11.9. The molecule has 2 rings (SSSR count). The molecule has 0 aliphatic heterocycles. The zero-order chi connectivity index (χ0) is 18.3. The zero-order valence-corrected chi connectivity index (χ0v) is 16.2. The standard InChI is InChI=1S/C21H33NO3/c1-5-17(4)25-19-12-11-18(15-16(19)3)22-20(23)21(24-6-2)13-9-7-8-10-14-21/h11-12,15,17H,5-10,13-14H2,1-4H3,(H,22,23). The molecule has 0 heterocycles. The highest BCUT2D eigenvalue weighted by atomic mass is 16.5. The number of hydrogen-bond acceptors (Lipinski definition) is 3. The van der Waals surface area contributed by atoms with Gasteiger partial charge in [-0.3, -0.25) is 4.79 Å². The van der Waals surface area contributed by atoms with Crippen molar-refractivity contribution in [2.75, 3.05) is 11.9 Å². The Hall–Kier alpha value is -1.55. The van der Waals surface area contributed by atoms with E-state index in [2.05, 4.69) is 19.2 Å². The molecule has 1 N–H and O–H groups in total. The molecule has 1 aliphatic rings. The van der Waals surface area contributed by atoms with Crippen LogP contribution in [-0.2, 0) is 9.53 Å². The zero-order valence-electron chi connectivity index (χ0n) is 16.2. The number of carbonyl (C=O) groups is 1. The molecule has 1 aromatic rings. The van der Waals surface area contributed by atoms with Crippen LogP contribution in [0.2, 0.25) is 0 Å². The summed E-state index contributed by atoms with van der Waals surface area (Å²) in [5, 5.41) is 3.08. The van der Waals surface area contributed by atoms with Crippen molar-refractivity contribution in [3.63, 3.8) is 0 Å². The molecule has 140 valence electrons. The number of benzene rings is 1. The van der Waals surface area contributed by atoms with E-state index in [1.807, 2.05) is 32.0 Å². The molecule has 1 saturated carbocycles. The third-order valence-corrected chi connectivity index (χ3v) is 5.08. The largest absolute Gasteiger partial charge is 0.490 e. The van der Waals surface area contributed by atoms with Crippen LogP contribution in [0.25, 0.3) is 0 Å². The normalized spacial score (nSPS) is 18.2. The maximum absolute atomic E-state index is 13.0. The van der Waals surface area contributed by atoms with Crippen LogP contribution in [0.5, 0.6) is 5.75 Å². The lowest BCUT2D eigenvalue weighted by molar-refractivity contribution is -0.143. The lowest BCUT2D eigenvalue weighted by Gasteiger charge is -2.31. The fourth-order valence-electron chi connectivity index (χ4n) is 3.42. The lowest BCUT2D eigenvalue weighted by atomic mass is 9.92. The Labute approximate surface area is 152 Å². The number of carbonyl (C=O) groups excluding carboxylic acids is 1. The van der Waals surface area contributed by atoms with Gasteiger partial charge in [0.25, 0.3) is 5.91 Å². The van der Waals surface area contributed by atoms with Crippen molar-refractivity contribution in [3.8, 4) is 5.75 Å². The van der Waals surface area contributed by atoms with E-state index >= 15 is 0 Å². The molecule has 1 aliphatic carbocycles. The van der Waals surface area contributed by atoms with Gasteiger partial charge < -0.3 is 14.8 Å². The minimum absolute atomic E-state index is 0.00811. The summed E-state index contributed by atoms with van der Waals surface area (Å²) in [7, 11) is 0. The Morgan fingerprint density at radius 3 is 2.44 bits per heavy atom. The first-order valence-electron chi connectivity index (χ1n) is 9.73. The van der Waals surface area contributed by atoms with Gasteiger partial charge in [0.05, 0.1) is 6.10 Å². The summed E-state index contributed by atoms with van der Waals surface area (Å²) in [6, 6.07) is 5.84. The van der Waals surface area contributed by atoms with E-state index in [1.54, 1.807) is 0 Å². The average molecular weight is 347 g/mol. The predicted molar refractivity (Wildman–Crippen MR) is 102 cm³/mol. The average Bonchev–Trinajstić information content (AvgIpc) is 2.84. The van der Waals surface area contributed by atoms with Gasteiger partial charge in [0.2, 0.25) is 0 Å². The van der Waals surface area contributed by atoms with Crippen LogP contribution >= 0.6 is 0 Å². The van der Waals surface area contributed by atoms with Gasteiger partial charge in [-0.1, -0.05) is 32.6 Å². The maximum atomic E-state index is 13.0. The molecule has 1 amide bonds. The van der Waals surface area contributed by atoms with E-state index in [0.717, 1.165) is 49.1 Å². The molecular formula is C21H33NO3.